The smallest absolute Gasteiger partial charge is 0.256 e. The minimum absolute atomic E-state index is 0.0109. The zero-order valence-electron chi connectivity index (χ0n) is 17.4. The Morgan fingerprint density at radius 1 is 0.969 bits per heavy atom. The third kappa shape index (κ3) is 4.11. The number of rotatable bonds is 4. The summed E-state index contributed by atoms with van der Waals surface area (Å²) in [4.78, 5) is 29.9. The van der Waals surface area contributed by atoms with Gasteiger partial charge in [0.25, 0.3) is 11.8 Å². The van der Waals surface area contributed by atoms with Crippen molar-refractivity contribution in [3.05, 3.63) is 93.7 Å². The molecule has 3 aromatic carbocycles. The minimum atomic E-state index is -0.695. The molecule has 0 bridgehead atoms. The summed E-state index contributed by atoms with van der Waals surface area (Å²) in [5.74, 6) is -1.56. The van der Waals surface area contributed by atoms with E-state index in [1.807, 2.05) is 55.5 Å². The van der Waals surface area contributed by atoms with Crippen molar-refractivity contribution in [3.8, 4) is 11.3 Å². The molecule has 0 aliphatic carbocycles. The largest absolute Gasteiger partial charge is 0.355 e. The first-order valence-corrected chi connectivity index (χ1v) is 10.7. The second-order valence-corrected chi connectivity index (χ2v) is 8.13. The molecule has 0 fully saturated rings. The molecule has 7 heteroatoms. The second kappa shape index (κ2) is 8.88. The number of halogens is 2. The Morgan fingerprint density at radius 3 is 2.41 bits per heavy atom. The minimum Gasteiger partial charge on any atom is -0.355 e. The first kappa shape index (κ1) is 21.6. The lowest BCUT2D eigenvalue weighted by Gasteiger charge is -2.15. The third-order valence-electron chi connectivity index (χ3n) is 5.17. The number of fused-ring (bicyclic) bond motifs is 1. The molecule has 0 saturated heterocycles. The van der Waals surface area contributed by atoms with Crippen LogP contribution >= 0.6 is 15.9 Å². The van der Waals surface area contributed by atoms with Gasteiger partial charge in [0.1, 0.15) is 5.82 Å². The number of benzene rings is 3. The highest BCUT2D eigenvalue weighted by Crippen LogP contribution is 2.32. The van der Waals surface area contributed by atoms with Crippen LogP contribution in [0, 0.1) is 12.7 Å². The van der Waals surface area contributed by atoms with Gasteiger partial charge in [-0.15, -0.1) is 0 Å². The van der Waals surface area contributed by atoms with Crippen molar-refractivity contribution < 1.29 is 14.0 Å². The maximum atomic E-state index is 14.6. The number of carbonyl (C=O) groups is 2. The summed E-state index contributed by atoms with van der Waals surface area (Å²) >= 11 is 3.45. The number of carbonyl (C=O) groups excluding carboxylic acids is 2. The Labute approximate surface area is 192 Å². The first-order valence-electron chi connectivity index (χ1n) is 9.87. The number of nitrogens with zero attached hydrogens (tertiary/aromatic N) is 1. The summed E-state index contributed by atoms with van der Waals surface area (Å²) in [5.41, 5.74) is 3.46. The number of anilines is 1. The van der Waals surface area contributed by atoms with Gasteiger partial charge in [0.05, 0.1) is 22.5 Å². The second-order valence-electron chi connectivity index (χ2n) is 7.22. The molecular formula is C25H19BrFN3O2. The SMILES string of the molecule is CNC(=O)c1ccc(NC(=O)c2c(C)c(-c3ccccc3)nc3ccc(Br)cc23)c(F)c1. The summed E-state index contributed by atoms with van der Waals surface area (Å²) < 4.78 is 15.4. The van der Waals surface area contributed by atoms with Crippen LogP contribution in [-0.2, 0) is 0 Å². The monoisotopic (exact) mass is 491 g/mol. The van der Waals surface area contributed by atoms with Crippen molar-refractivity contribution in [2.24, 2.45) is 0 Å². The van der Waals surface area contributed by atoms with Crippen molar-refractivity contribution in [2.45, 2.75) is 6.92 Å². The van der Waals surface area contributed by atoms with Gasteiger partial charge in [0, 0.05) is 28.0 Å². The van der Waals surface area contributed by atoms with Gasteiger partial charge >= 0.3 is 0 Å². The highest BCUT2D eigenvalue weighted by atomic mass is 79.9. The van der Waals surface area contributed by atoms with Crippen LogP contribution in [0.2, 0.25) is 0 Å². The number of amides is 2. The van der Waals surface area contributed by atoms with Crippen LogP contribution in [0.15, 0.2) is 71.2 Å². The van der Waals surface area contributed by atoms with Crippen molar-refractivity contribution in [2.75, 3.05) is 12.4 Å². The lowest BCUT2D eigenvalue weighted by atomic mass is 9.97. The fourth-order valence-electron chi connectivity index (χ4n) is 3.59. The molecular weight excluding hydrogens is 473 g/mol. The Morgan fingerprint density at radius 2 is 1.72 bits per heavy atom. The number of nitrogens with one attached hydrogen (secondary N) is 2. The van der Waals surface area contributed by atoms with E-state index >= 15 is 0 Å². The molecule has 0 unspecified atom stereocenters. The van der Waals surface area contributed by atoms with Crippen molar-refractivity contribution in [1.29, 1.82) is 0 Å². The van der Waals surface area contributed by atoms with E-state index in [4.69, 9.17) is 4.98 Å². The molecule has 0 aliphatic heterocycles. The molecule has 0 atom stereocenters. The van der Waals surface area contributed by atoms with Gasteiger partial charge in [-0.2, -0.15) is 0 Å². The molecule has 4 rings (SSSR count). The van der Waals surface area contributed by atoms with Crippen LogP contribution in [-0.4, -0.2) is 23.8 Å². The van der Waals surface area contributed by atoms with E-state index in [1.54, 1.807) is 0 Å². The highest BCUT2D eigenvalue weighted by molar-refractivity contribution is 9.10. The molecule has 0 aliphatic rings. The summed E-state index contributed by atoms with van der Waals surface area (Å²) in [5, 5.41) is 5.75. The van der Waals surface area contributed by atoms with E-state index in [0.29, 0.717) is 27.7 Å². The van der Waals surface area contributed by atoms with E-state index in [2.05, 4.69) is 26.6 Å². The predicted molar refractivity (Wildman–Crippen MR) is 127 cm³/mol. The zero-order valence-corrected chi connectivity index (χ0v) is 19.0. The lowest BCUT2D eigenvalue weighted by molar-refractivity contribution is 0.0962. The molecule has 32 heavy (non-hydrogen) atoms. The zero-order chi connectivity index (χ0) is 22.8. The quantitative estimate of drug-likeness (QED) is 0.383. The molecule has 2 amide bonds. The van der Waals surface area contributed by atoms with Crippen molar-refractivity contribution >= 4 is 44.3 Å². The number of hydrogen-bond donors (Lipinski definition) is 2. The van der Waals surface area contributed by atoms with Gasteiger partial charge < -0.3 is 10.6 Å². The molecule has 0 radical (unpaired) electrons. The Bertz CT molecular complexity index is 1360. The third-order valence-corrected chi connectivity index (χ3v) is 5.66. The van der Waals surface area contributed by atoms with Crippen LogP contribution in [0.1, 0.15) is 26.3 Å². The molecule has 2 N–H and O–H groups in total. The normalized spacial score (nSPS) is 10.8. The van der Waals surface area contributed by atoms with Crippen molar-refractivity contribution in [1.82, 2.24) is 10.3 Å². The van der Waals surface area contributed by atoms with Gasteiger partial charge in [-0.3, -0.25) is 9.59 Å². The van der Waals surface area contributed by atoms with E-state index in [1.165, 1.54) is 19.2 Å². The molecule has 4 aromatic rings. The fourth-order valence-corrected chi connectivity index (χ4v) is 3.95. The lowest BCUT2D eigenvalue weighted by Crippen LogP contribution is -2.19. The van der Waals surface area contributed by atoms with E-state index in [9.17, 15) is 14.0 Å². The van der Waals surface area contributed by atoms with Gasteiger partial charge in [-0.25, -0.2) is 9.37 Å². The van der Waals surface area contributed by atoms with E-state index in [-0.39, 0.29) is 11.3 Å². The summed E-state index contributed by atoms with van der Waals surface area (Å²) in [6.07, 6.45) is 0. The molecule has 0 saturated carbocycles. The van der Waals surface area contributed by atoms with E-state index < -0.39 is 17.6 Å². The number of hydrogen-bond acceptors (Lipinski definition) is 3. The van der Waals surface area contributed by atoms with Crippen LogP contribution in [0.5, 0.6) is 0 Å². The average Bonchev–Trinajstić information content (AvgIpc) is 2.80. The Kier molecular flexibility index (Phi) is 6.01. The van der Waals surface area contributed by atoms with Gasteiger partial charge in [0.2, 0.25) is 0 Å². The topological polar surface area (TPSA) is 71.1 Å². The standard InChI is InChI=1S/C25H19BrFN3O2/c1-14-22(25(32)30-21-10-8-16(12-19(21)27)24(31)28-2)18-13-17(26)9-11-20(18)29-23(14)15-6-4-3-5-7-15/h3-13H,1-2H3,(H,28,31)(H,30,32). The molecule has 160 valence electrons. The summed E-state index contributed by atoms with van der Waals surface area (Å²) in [6.45, 7) is 1.83. The first-order chi connectivity index (χ1) is 15.4. The van der Waals surface area contributed by atoms with E-state index in [0.717, 1.165) is 16.1 Å². The number of pyridine rings is 1. The van der Waals surface area contributed by atoms with Gasteiger partial charge in [-0.05, 0) is 48.9 Å². The van der Waals surface area contributed by atoms with Crippen LogP contribution in [0.4, 0.5) is 10.1 Å². The highest BCUT2D eigenvalue weighted by Gasteiger charge is 2.20. The van der Waals surface area contributed by atoms with Crippen LogP contribution in [0.25, 0.3) is 22.2 Å². The molecule has 1 heterocycles. The van der Waals surface area contributed by atoms with Crippen LogP contribution < -0.4 is 10.6 Å². The Balaban J connectivity index is 1.82. The average molecular weight is 492 g/mol. The molecule has 1 aromatic heterocycles. The van der Waals surface area contributed by atoms with Gasteiger partial charge in [0.15, 0.2) is 0 Å². The predicted octanol–water partition coefficient (Wildman–Crippen LogP) is 5.72. The van der Waals surface area contributed by atoms with Crippen LogP contribution in [0.3, 0.4) is 0 Å². The maximum Gasteiger partial charge on any atom is 0.256 e. The maximum absolute atomic E-state index is 14.6. The fraction of sp³-hybridized carbons (Fsp3) is 0.0800. The molecule has 5 nitrogen and oxygen atoms in total. The van der Waals surface area contributed by atoms with Gasteiger partial charge in [-0.1, -0.05) is 46.3 Å². The number of aromatic nitrogens is 1. The molecule has 0 spiro atoms. The van der Waals surface area contributed by atoms with Crippen molar-refractivity contribution in [3.63, 3.8) is 0 Å². The summed E-state index contributed by atoms with van der Waals surface area (Å²) in [6, 6.07) is 19.0. The summed E-state index contributed by atoms with van der Waals surface area (Å²) in [7, 11) is 1.47. The Hall–Kier alpha value is -3.58.